The third-order valence-corrected chi connectivity index (χ3v) is 6.70. The Balaban J connectivity index is 0.000000216. The second kappa shape index (κ2) is 30.7. The minimum absolute atomic E-state index is 1.07. The Bertz CT molecular complexity index is 320. The summed E-state index contributed by atoms with van der Waals surface area (Å²) in [6.45, 7) is 16.8. The lowest BCUT2D eigenvalue weighted by Gasteiger charge is -2.11. The molecule has 0 aromatic rings. The van der Waals surface area contributed by atoms with Gasteiger partial charge in [0.2, 0.25) is 0 Å². The summed E-state index contributed by atoms with van der Waals surface area (Å²) in [5.41, 5.74) is 0. The minimum Gasteiger partial charge on any atom is -0.317 e. The number of piperidine rings is 2. The summed E-state index contributed by atoms with van der Waals surface area (Å²) in [5.74, 6) is 0. The molecule has 6 aliphatic rings. The van der Waals surface area contributed by atoms with E-state index in [4.69, 9.17) is 0 Å². The molecule has 214 valence electrons. The summed E-state index contributed by atoms with van der Waals surface area (Å²) in [5, 5.41) is 22.8. The maximum absolute atomic E-state index is 3.35. The van der Waals surface area contributed by atoms with Crippen molar-refractivity contribution in [3.05, 3.63) is 12.2 Å². The van der Waals surface area contributed by atoms with Crippen LogP contribution in [0.5, 0.6) is 0 Å². The molecule has 0 spiro atoms. The van der Waals surface area contributed by atoms with Gasteiger partial charge in [-0.1, -0.05) is 37.8 Å². The maximum atomic E-state index is 3.35. The van der Waals surface area contributed by atoms with E-state index in [0.717, 1.165) is 39.3 Å². The summed E-state index contributed by atoms with van der Waals surface area (Å²) in [6.07, 6.45) is 22.4. The van der Waals surface area contributed by atoms with E-state index < -0.39 is 0 Å². The van der Waals surface area contributed by atoms with Gasteiger partial charge in [-0.2, -0.15) is 0 Å². The first kappa shape index (κ1) is 33.5. The first-order chi connectivity index (χ1) is 18.0. The Morgan fingerprint density at radius 3 is 0.750 bits per heavy atom. The van der Waals surface area contributed by atoms with Crippen LogP contribution in [0.2, 0.25) is 0 Å². The Morgan fingerprint density at radius 2 is 0.556 bits per heavy atom. The molecular formula is C29H63N7. The highest BCUT2D eigenvalue weighted by molar-refractivity contribution is 4.88. The standard InChI is InChI=1S/C6H13N.2C5H11N.C5H9N.C4H10N2.C4H9N/c1-2-4-6-7-5-3-1;3*1-2-4-6-5-3-1;1-2-6-4-3-5-1;1-2-4-5-3-1/h7H,1-6H2;2*6H,1-5H2;1-2,6H,3-5H2;5-6H,1-4H2;5H,1-4H2. The molecule has 0 radical (unpaired) electrons. The van der Waals surface area contributed by atoms with Crippen molar-refractivity contribution in [2.75, 3.05) is 91.6 Å². The van der Waals surface area contributed by atoms with E-state index in [-0.39, 0.29) is 0 Å². The molecule has 0 aliphatic carbocycles. The van der Waals surface area contributed by atoms with Crippen LogP contribution in [0.1, 0.15) is 83.5 Å². The molecule has 7 N–H and O–H groups in total. The SMILES string of the molecule is C1=CCNCC1.C1CCCNCC1.C1CCNC1.C1CCNCC1.C1CCNCC1.C1CNCCN1. The number of nitrogens with one attached hydrogen (secondary N) is 7. The summed E-state index contributed by atoms with van der Waals surface area (Å²) in [7, 11) is 0. The van der Waals surface area contributed by atoms with Gasteiger partial charge in [-0.25, -0.2) is 0 Å². The summed E-state index contributed by atoms with van der Waals surface area (Å²) < 4.78 is 0. The lowest BCUT2D eigenvalue weighted by molar-refractivity contribution is 0.520. The molecule has 5 saturated heterocycles. The zero-order valence-corrected chi connectivity index (χ0v) is 23.7. The Kier molecular flexibility index (Phi) is 28.5. The summed E-state index contributed by atoms with van der Waals surface area (Å²) in [4.78, 5) is 0. The average Bonchev–Trinajstić information content (AvgIpc) is 3.46. The molecule has 7 nitrogen and oxygen atoms in total. The smallest absolute Gasteiger partial charge is 0.0135 e. The van der Waals surface area contributed by atoms with Gasteiger partial charge in [0.25, 0.3) is 0 Å². The third kappa shape index (κ3) is 28.0. The van der Waals surface area contributed by atoms with Crippen LogP contribution in [0.25, 0.3) is 0 Å². The van der Waals surface area contributed by atoms with E-state index in [1.54, 1.807) is 0 Å². The van der Waals surface area contributed by atoms with E-state index in [1.807, 2.05) is 0 Å². The van der Waals surface area contributed by atoms with Crippen LogP contribution in [0.15, 0.2) is 12.2 Å². The molecular weight excluding hydrogens is 446 g/mol. The van der Waals surface area contributed by atoms with Crippen molar-refractivity contribution in [1.29, 1.82) is 0 Å². The Hall–Kier alpha value is -0.540. The van der Waals surface area contributed by atoms with E-state index in [9.17, 15) is 0 Å². The molecule has 0 aromatic carbocycles. The van der Waals surface area contributed by atoms with Crippen LogP contribution < -0.4 is 37.2 Å². The van der Waals surface area contributed by atoms with Gasteiger partial charge in [-0.3, -0.25) is 0 Å². The molecule has 0 atom stereocenters. The molecule has 0 unspecified atom stereocenters. The van der Waals surface area contributed by atoms with Gasteiger partial charge >= 0.3 is 0 Å². The van der Waals surface area contributed by atoms with Gasteiger partial charge in [0, 0.05) is 32.7 Å². The normalized spacial score (nSPS) is 23.6. The lowest BCUT2D eigenvalue weighted by atomic mass is 10.2. The van der Waals surface area contributed by atoms with Crippen LogP contribution in [0.3, 0.4) is 0 Å². The zero-order chi connectivity index (χ0) is 25.5. The zero-order valence-electron chi connectivity index (χ0n) is 23.7. The monoisotopic (exact) mass is 510 g/mol. The van der Waals surface area contributed by atoms with Crippen LogP contribution in [0.4, 0.5) is 0 Å². The molecule has 0 saturated carbocycles. The van der Waals surface area contributed by atoms with Crippen molar-refractivity contribution in [3.63, 3.8) is 0 Å². The number of rotatable bonds is 0. The summed E-state index contributed by atoms with van der Waals surface area (Å²) >= 11 is 0. The van der Waals surface area contributed by atoms with E-state index in [1.165, 1.54) is 136 Å². The van der Waals surface area contributed by atoms with Crippen molar-refractivity contribution < 1.29 is 0 Å². The predicted molar refractivity (Wildman–Crippen MR) is 159 cm³/mol. The van der Waals surface area contributed by atoms with Crippen LogP contribution in [-0.2, 0) is 0 Å². The minimum atomic E-state index is 1.07. The highest BCUT2D eigenvalue weighted by Crippen LogP contribution is 2.00. The molecule has 7 heteroatoms. The molecule has 0 aromatic heterocycles. The quantitative estimate of drug-likeness (QED) is 0.253. The first-order valence-electron chi connectivity index (χ1n) is 15.6. The molecule has 0 bridgehead atoms. The van der Waals surface area contributed by atoms with Gasteiger partial charge in [-0.05, 0) is 117 Å². The van der Waals surface area contributed by atoms with Gasteiger partial charge < -0.3 is 37.2 Å². The fourth-order valence-electron chi connectivity index (χ4n) is 4.38. The number of piperazine rings is 1. The fraction of sp³-hybridized carbons (Fsp3) is 0.931. The van der Waals surface area contributed by atoms with Gasteiger partial charge in [0.15, 0.2) is 0 Å². The van der Waals surface area contributed by atoms with Crippen LogP contribution in [-0.4, -0.2) is 91.6 Å². The lowest BCUT2D eigenvalue weighted by Crippen LogP contribution is -2.39. The van der Waals surface area contributed by atoms with E-state index in [2.05, 4.69) is 49.4 Å². The molecule has 6 aliphatic heterocycles. The van der Waals surface area contributed by atoms with Crippen molar-refractivity contribution in [2.24, 2.45) is 0 Å². The van der Waals surface area contributed by atoms with Gasteiger partial charge in [0.05, 0.1) is 0 Å². The van der Waals surface area contributed by atoms with Crippen LogP contribution in [0, 0.1) is 0 Å². The second-order valence-corrected chi connectivity index (χ2v) is 10.2. The highest BCUT2D eigenvalue weighted by Gasteiger charge is 1.95. The van der Waals surface area contributed by atoms with Crippen molar-refractivity contribution in [3.8, 4) is 0 Å². The number of hydrogen-bond donors (Lipinski definition) is 7. The average molecular weight is 510 g/mol. The number of hydrogen-bond acceptors (Lipinski definition) is 7. The Labute approximate surface area is 224 Å². The summed E-state index contributed by atoms with van der Waals surface area (Å²) in [6, 6.07) is 0. The van der Waals surface area contributed by atoms with Crippen molar-refractivity contribution in [1.82, 2.24) is 37.2 Å². The second-order valence-electron chi connectivity index (χ2n) is 10.2. The first-order valence-corrected chi connectivity index (χ1v) is 15.6. The Morgan fingerprint density at radius 1 is 0.250 bits per heavy atom. The maximum Gasteiger partial charge on any atom is 0.0135 e. The van der Waals surface area contributed by atoms with Crippen molar-refractivity contribution >= 4 is 0 Å². The molecule has 6 rings (SSSR count). The van der Waals surface area contributed by atoms with Gasteiger partial charge in [-0.15, -0.1) is 0 Å². The molecule has 0 amide bonds. The topological polar surface area (TPSA) is 84.2 Å². The predicted octanol–water partition coefficient (Wildman–Crippen LogP) is 2.75. The molecule has 36 heavy (non-hydrogen) atoms. The van der Waals surface area contributed by atoms with Crippen LogP contribution >= 0.6 is 0 Å². The molecule has 6 heterocycles. The third-order valence-electron chi connectivity index (χ3n) is 6.70. The fourth-order valence-corrected chi connectivity index (χ4v) is 4.38. The van der Waals surface area contributed by atoms with E-state index in [0.29, 0.717) is 0 Å². The van der Waals surface area contributed by atoms with Gasteiger partial charge in [0.1, 0.15) is 0 Å². The highest BCUT2D eigenvalue weighted by atomic mass is 15.0. The molecule has 5 fully saturated rings. The largest absolute Gasteiger partial charge is 0.317 e. The van der Waals surface area contributed by atoms with Crippen molar-refractivity contribution in [2.45, 2.75) is 83.5 Å². The van der Waals surface area contributed by atoms with E-state index >= 15 is 0 Å².